The van der Waals surface area contributed by atoms with Gasteiger partial charge >= 0.3 is 5.97 Å². The third-order valence-electron chi connectivity index (χ3n) is 2.34. The Balaban J connectivity index is 2.43. The predicted molar refractivity (Wildman–Crippen MR) is 71.6 cm³/mol. The summed E-state index contributed by atoms with van der Waals surface area (Å²) in [6, 6.07) is 4.14. The summed E-state index contributed by atoms with van der Waals surface area (Å²) < 4.78 is 15.0. The van der Waals surface area contributed by atoms with Crippen molar-refractivity contribution in [3.63, 3.8) is 0 Å². The lowest BCUT2D eigenvalue weighted by molar-refractivity contribution is -0.133. The third kappa shape index (κ3) is 3.27. The van der Waals surface area contributed by atoms with Crippen molar-refractivity contribution in [2.24, 2.45) is 0 Å². The second-order valence-electron chi connectivity index (χ2n) is 3.83. The summed E-state index contributed by atoms with van der Waals surface area (Å²) in [6.07, 6.45) is 1.60. The zero-order valence-corrected chi connectivity index (χ0v) is 11.5. The minimum absolute atomic E-state index is 0.112. The Kier molecular flexibility index (Phi) is 4.11. The van der Waals surface area contributed by atoms with Crippen LogP contribution in [-0.2, 0) is 4.79 Å². The molecule has 1 aromatic carbocycles. The van der Waals surface area contributed by atoms with Crippen LogP contribution in [0.5, 0.6) is 0 Å². The van der Waals surface area contributed by atoms with Crippen molar-refractivity contribution in [1.82, 2.24) is 9.55 Å². The zero-order chi connectivity index (χ0) is 14.0. The van der Waals surface area contributed by atoms with Gasteiger partial charge in [0.05, 0.1) is 11.4 Å². The van der Waals surface area contributed by atoms with E-state index in [-0.39, 0.29) is 10.8 Å². The second-order valence-corrected chi connectivity index (χ2v) is 5.21. The minimum atomic E-state index is -0.936. The Morgan fingerprint density at radius 1 is 1.53 bits per heavy atom. The van der Waals surface area contributed by atoms with Crippen LogP contribution in [0, 0.1) is 12.7 Å². The number of rotatable bonds is 4. The van der Waals surface area contributed by atoms with Gasteiger partial charge in [-0.1, -0.05) is 23.4 Å². The quantitative estimate of drug-likeness (QED) is 0.881. The lowest BCUT2D eigenvalue weighted by Crippen LogP contribution is -2.03. The van der Waals surface area contributed by atoms with Crippen molar-refractivity contribution in [3.05, 3.63) is 40.9 Å². The smallest absolute Gasteiger partial charge is 0.313 e. The summed E-state index contributed by atoms with van der Waals surface area (Å²) in [7, 11) is 0. The molecule has 0 fully saturated rings. The van der Waals surface area contributed by atoms with Gasteiger partial charge in [0.2, 0.25) is 0 Å². The normalized spacial score (nSPS) is 10.7. The van der Waals surface area contributed by atoms with E-state index in [1.807, 2.05) is 0 Å². The van der Waals surface area contributed by atoms with Gasteiger partial charge in [0.1, 0.15) is 5.82 Å². The highest BCUT2D eigenvalue weighted by Gasteiger charge is 2.12. The summed E-state index contributed by atoms with van der Waals surface area (Å²) in [5.74, 6) is -1.50. The number of benzene rings is 1. The molecule has 0 saturated heterocycles. The van der Waals surface area contributed by atoms with E-state index in [9.17, 15) is 9.18 Å². The van der Waals surface area contributed by atoms with Crippen molar-refractivity contribution in [1.29, 1.82) is 0 Å². The van der Waals surface area contributed by atoms with E-state index in [4.69, 9.17) is 16.7 Å². The summed E-state index contributed by atoms with van der Waals surface area (Å²) in [5, 5.41) is 9.46. The number of imidazole rings is 1. The van der Waals surface area contributed by atoms with Crippen LogP contribution in [0.15, 0.2) is 29.6 Å². The van der Waals surface area contributed by atoms with Crippen LogP contribution in [-0.4, -0.2) is 26.4 Å². The third-order valence-corrected chi connectivity index (χ3v) is 3.49. The van der Waals surface area contributed by atoms with E-state index < -0.39 is 11.8 Å². The highest BCUT2D eigenvalue weighted by atomic mass is 35.5. The van der Waals surface area contributed by atoms with Crippen LogP contribution in [0.2, 0.25) is 5.02 Å². The molecule has 4 nitrogen and oxygen atoms in total. The van der Waals surface area contributed by atoms with E-state index in [0.29, 0.717) is 10.8 Å². The Bertz CT molecular complexity index is 610. The molecule has 2 rings (SSSR count). The molecule has 0 atom stereocenters. The van der Waals surface area contributed by atoms with Gasteiger partial charge in [0.25, 0.3) is 0 Å². The first-order valence-corrected chi connectivity index (χ1v) is 6.69. The number of aryl methyl sites for hydroxylation is 1. The van der Waals surface area contributed by atoms with E-state index in [0.717, 1.165) is 17.5 Å². The second kappa shape index (κ2) is 5.63. The molecule has 1 aromatic heterocycles. The molecular weight excluding hydrogens is 291 g/mol. The number of aliphatic carboxylic acids is 1. The van der Waals surface area contributed by atoms with Gasteiger partial charge in [-0.05, 0) is 25.1 Å². The first kappa shape index (κ1) is 13.9. The molecule has 0 spiro atoms. The molecule has 0 unspecified atom stereocenters. The molecule has 100 valence electrons. The largest absolute Gasteiger partial charge is 0.481 e. The molecule has 7 heteroatoms. The molecule has 0 aliphatic carbocycles. The molecule has 19 heavy (non-hydrogen) atoms. The fourth-order valence-corrected chi connectivity index (χ4v) is 2.60. The summed E-state index contributed by atoms with van der Waals surface area (Å²) in [5.41, 5.74) is 1.29. The monoisotopic (exact) mass is 300 g/mol. The van der Waals surface area contributed by atoms with Crippen molar-refractivity contribution in [3.8, 4) is 5.69 Å². The number of aromatic nitrogens is 2. The van der Waals surface area contributed by atoms with Gasteiger partial charge in [-0.2, -0.15) is 0 Å². The fourth-order valence-electron chi connectivity index (χ4n) is 1.63. The van der Waals surface area contributed by atoms with E-state index in [1.54, 1.807) is 23.8 Å². The van der Waals surface area contributed by atoms with Crippen LogP contribution < -0.4 is 0 Å². The summed E-state index contributed by atoms with van der Waals surface area (Å²) in [6.45, 7) is 1.80. The number of halogens is 2. The average molecular weight is 301 g/mol. The van der Waals surface area contributed by atoms with Gasteiger partial charge < -0.3 is 5.11 Å². The van der Waals surface area contributed by atoms with Crippen molar-refractivity contribution >= 4 is 29.3 Å². The molecule has 0 bridgehead atoms. The van der Waals surface area contributed by atoms with Gasteiger partial charge in [0, 0.05) is 16.9 Å². The Morgan fingerprint density at radius 2 is 2.26 bits per heavy atom. The molecule has 2 aromatic rings. The molecular formula is C12H10ClFN2O2S. The molecule has 1 N–H and O–H groups in total. The number of hydrogen-bond donors (Lipinski definition) is 1. The maximum Gasteiger partial charge on any atom is 0.313 e. The van der Waals surface area contributed by atoms with Crippen LogP contribution in [0.3, 0.4) is 0 Å². The molecule has 0 aliphatic heterocycles. The van der Waals surface area contributed by atoms with Crippen LogP contribution in [0.1, 0.15) is 5.69 Å². The zero-order valence-electron chi connectivity index (χ0n) is 9.93. The minimum Gasteiger partial charge on any atom is -0.481 e. The standard InChI is InChI=1S/C12H10ClFN2O2S/c1-7-5-15-12(19-6-11(17)18)16(7)10-3-8(13)2-9(14)4-10/h2-5H,6H2,1H3,(H,17,18). The predicted octanol–water partition coefficient (Wildman–Crippen LogP) is 3.15. The molecule has 0 amide bonds. The number of carboxylic acids is 1. The number of nitrogens with zero attached hydrogens (tertiary/aromatic N) is 2. The number of hydrogen-bond acceptors (Lipinski definition) is 3. The van der Waals surface area contributed by atoms with E-state index in [2.05, 4.69) is 4.98 Å². The Morgan fingerprint density at radius 3 is 2.89 bits per heavy atom. The van der Waals surface area contributed by atoms with Gasteiger partial charge in [-0.25, -0.2) is 9.37 Å². The lowest BCUT2D eigenvalue weighted by Gasteiger charge is -2.09. The fraction of sp³-hybridized carbons (Fsp3) is 0.167. The highest BCUT2D eigenvalue weighted by Crippen LogP contribution is 2.25. The van der Waals surface area contributed by atoms with Gasteiger partial charge in [-0.3, -0.25) is 9.36 Å². The SMILES string of the molecule is Cc1cnc(SCC(=O)O)n1-c1cc(F)cc(Cl)c1. The highest BCUT2D eigenvalue weighted by molar-refractivity contribution is 7.99. The number of thioether (sulfide) groups is 1. The number of carboxylic acid groups (broad SMARTS) is 1. The maximum absolute atomic E-state index is 13.4. The lowest BCUT2D eigenvalue weighted by atomic mass is 10.3. The van der Waals surface area contributed by atoms with E-state index >= 15 is 0 Å². The topological polar surface area (TPSA) is 55.1 Å². The van der Waals surface area contributed by atoms with Gasteiger partial charge in [0.15, 0.2) is 5.16 Å². The molecule has 1 heterocycles. The van der Waals surface area contributed by atoms with Crippen molar-refractivity contribution in [2.75, 3.05) is 5.75 Å². The van der Waals surface area contributed by atoms with Crippen LogP contribution >= 0.6 is 23.4 Å². The first-order valence-electron chi connectivity index (χ1n) is 5.33. The first-order chi connectivity index (χ1) is 8.97. The number of carbonyl (C=O) groups is 1. The maximum atomic E-state index is 13.4. The molecule has 0 aliphatic rings. The Labute approximate surface area is 118 Å². The molecule has 0 radical (unpaired) electrons. The van der Waals surface area contributed by atoms with Crippen LogP contribution in [0.25, 0.3) is 5.69 Å². The summed E-state index contributed by atoms with van der Waals surface area (Å²) in [4.78, 5) is 14.7. The van der Waals surface area contributed by atoms with Gasteiger partial charge in [-0.15, -0.1) is 0 Å². The Hall–Kier alpha value is -1.53. The van der Waals surface area contributed by atoms with Crippen molar-refractivity contribution in [2.45, 2.75) is 12.1 Å². The average Bonchev–Trinajstić information content (AvgIpc) is 2.66. The van der Waals surface area contributed by atoms with E-state index in [1.165, 1.54) is 12.1 Å². The van der Waals surface area contributed by atoms with Crippen LogP contribution in [0.4, 0.5) is 4.39 Å². The van der Waals surface area contributed by atoms with Crippen molar-refractivity contribution < 1.29 is 14.3 Å². The molecule has 0 saturated carbocycles. The summed E-state index contributed by atoms with van der Waals surface area (Å²) >= 11 is 6.89.